The van der Waals surface area contributed by atoms with Crippen LogP contribution in [0.1, 0.15) is 32.6 Å². The van der Waals surface area contributed by atoms with Gasteiger partial charge in [0, 0.05) is 19.5 Å². The van der Waals surface area contributed by atoms with E-state index in [1.165, 1.54) is 0 Å². The Bertz CT molecular complexity index is 169. The highest BCUT2D eigenvalue weighted by molar-refractivity contribution is 5.67. The first-order valence-electron chi connectivity index (χ1n) is 4.83. The Balaban J connectivity index is 2.23. The fraction of sp³-hybridized carbons (Fsp3) is 0.889. The SMILES string of the molecule is CCCC(F)OC(=O)N1CCCC1. The quantitative estimate of drug-likeness (QED) is 0.681. The number of nitrogens with zero attached hydrogens (tertiary/aromatic N) is 1. The Labute approximate surface area is 77.9 Å². The number of amides is 1. The molecule has 0 saturated carbocycles. The zero-order chi connectivity index (χ0) is 9.68. The summed E-state index contributed by atoms with van der Waals surface area (Å²) < 4.78 is 17.4. The first kappa shape index (κ1) is 10.3. The zero-order valence-corrected chi connectivity index (χ0v) is 7.96. The molecule has 1 unspecified atom stereocenters. The van der Waals surface area contributed by atoms with Crippen LogP contribution in [0.3, 0.4) is 0 Å². The van der Waals surface area contributed by atoms with E-state index in [2.05, 4.69) is 4.74 Å². The number of likely N-dealkylation sites (tertiary alicyclic amines) is 1. The van der Waals surface area contributed by atoms with Crippen LogP contribution in [-0.4, -0.2) is 30.4 Å². The van der Waals surface area contributed by atoms with Gasteiger partial charge < -0.3 is 9.64 Å². The second-order valence-electron chi connectivity index (χ2n) is 3.28. The van der Waals surface area contributed by atoms with Gasteiger partial charge in [-0.2, -0.15) is 0 Å². The lowest BCUT2D eigenvalue weighted by Crippen LogP contribution is -2.30. The van der Waals surface area contributed by atoms with Crippen LogP contribution in [-0.2, 0) is 4.74 Å². The molecule has 13 heavy (non-hydrogen) atoms. The highest BCUT2D eigenvalue weighted by Gasteiger charge is 2.21. The summed E-state index contributed by atoms with van der Waals surface area (Å²) in [6, 6.07) is 0. The molecule has 0 radical (unpaired) electrons. The highest BCUT2D eigenvalue weighted by Crippen LogP contribution is 2.12. The topological polar surface area (TPSA) is 29.5 Å². The van der Waals surface area contributed by atoms with Gasteiger partial charge in [-0.15, -0.1) is 0 Å². The molecule has 76 valence electrons. The number of halogens is 1. The van der Waals surface area contributed by atoms with E-state index in [4.69, 9.17) is 0 Å². The molecule has 1 saturated heterocycles. The number of hydrogen-bond donors (Lipinski definition) is 0. The van der Waals surface area contributed by atoms with Gasteiger partial charge in [0.1, 0.15) is 0 Å². The van der Waals surface area contributed by atoms with Crippen molar-refractivity contribution in [3.63, 3.8) is 0 Å². The van der Waals surface area contributed by atoms with Crippen molar-refractivity contribution in [1.82, 2.24) is 4.90 Å². The molecule has 0 aromatic rings. The maximum atomic E-state index is 12.8. The lowest BCUT2D eigenvalue weighted by Gasteiger charge is -2.16. The van der Waals surface area contributed by atoms with E-state index in [1.807, 2.05) is 6.92 Å². The van der Waals surface area contributed by atoms with Gasteiger partial charge in [-0.25, -0.2) is 9.18 Å². The third kappa shape index (κ3) is 3.20. The molecule has 1 aliphatic rings. The van der Waals surface area contributed by atoms with E-state index in [0.717, 1.165) is 12.8 Å². The van der Waals surface area contributed by atoms with Crippen molar-refractivity contribution < 1.29 is 13.9 Å². The highest BCUT2D eigenvalue weighted by atomic mass is 19.1. The van der Waals surface area contributed by atoms with Crippen molar-refractivity contribution in [2.45, 2.75) is 39.0 Å². The van der Waals surface area contributed by atoms with E-state index < -0.39 is 12.5 Å². The van der Waals surface area contributed by atoms with Crippen molar-refractivity contribution in [2.75, 3.05) is 13.1 Å². The molecular formula is C9H16FNO2. The maximum absolute atomic E-state index is 12.8. The lowest BCUT2D eigenvalue weighted by atomic mass is 10.3. The summed E-state index contributed by atoms with van der Waals surface area (Å²) >= 11 is 0. The van der Waals surface area contributed by atoms with Crippen molar-refractivity contribution in [1.29, 1.82) is 0 Å². The smallest absolute Gasteiger partial charge is 0.412 e. The number of hydrogen-bond acceptors (Lipinski definition) is 2. The molecule has 3 nitrogen and oxygen atoms in total. The van der Waals surface area contributed by atoms with Crippen LogP contribution in [0.15, 0.2) is 0 Å². The molecule has 1 atom stereocenters. The molecule has 0 bridgehead atoms. The third-order valence-electron chi connectivity index (χ3n) is 2.11. The van der Waals surface area contributed by atoms with E-state index in [0.29, 0.717) is 25.9 Å². The second-order valence-corrected chi connectivity index (χ2v) is 3.28. The molecule has 0 spiro atoms. The standard InChI is InChI=1S/C9H16FNO2/c1-2-5-8(10)13-9(12)11-6-3-4-7-11/h8H,2-7H2,1H3. The minimum absolute atomic E-state index is 0.291. The van der Waals surface area contributed by atoms with E-state index in [-0.39, 0.29) is 0 Å². The van der Waals surface area contributed by atoms with Crippen molar-refractivity contribution in [3.05, 3.63) is 0 Å². The molecule has 1 rings (SSSR count). The van der Waals surface area contributed by atoms with Crippen LogP contribution in [0.25, 0.3) is 0 Å². The molecule has 0 aromatic heterocycles. The average molecular weight is 189 g/mol. The predicted octanol–water partition coefficient (Wildman–Crippen LogP) is 2.31. The van der Waals surface area contributed by atoms with Crippen LogP contribution >= 0.6 is 0 Å². The minimum atomic E-state index is -1.43. The van der Waals surface area contributed by atoms with Crippen LogP contribution < -0.4 is 0 Å². The summed E-state index contributed by atoms with van der Waals surface area (Å²) in [6.07, 6.45) is 1.05. The minimum Gasteiger partial charge on any atom is -0.415 e. The zero-order valence-electron chi connectivity index (χ0n) is 7.96. The lowest BCUT2D eigenvalue weighted by molar-refractivity contribution is -0.00801. The Morgan fingerprint density at radius 1 is 1.54 bits per heavy atom. The Hall–Kier alpha value is -0.800. The van der Waals surface area contributed by atoms with Crippen molar-refractivity contribution in [2.24, 2.45) is 0 Å². The van der Waals surface area contributed by atoms with Gasteiger partial charge in [-0.3, -0.25) is 0 Å². The molecule has 4 heteroatoms. The molecule has 0 aromatic carbocycles. The van der Waals surface area contributed by atoms with E-state index in [9.17, 15) is 9.18 Å². The first-order valence-corrected chi connectivity index (χ1v) is 4.83. The molecule has 1 amide bonds. The normalized spacial score (nSPS) is 18.8. The van der Waals surface area contributed by atoms with Gasteiger partial charge in [-0.05, 0) is 19.3 Å². The van der Waals surface area contributed by atoms with Crippen LogP contribution in [0.4, 0.5) is 9.18 Å². The van der Waals surface area contributed by atoms with Crippen LogP contribution in [0.5, 0.6) is 0 Å². The van der Waals surface area contributed by atoms with E-state index >= 15 is 0 Å². The van der Waals surface area contributed by atoms with Gasteiger partial charge in [0.2, 0.25) is 6.36 Å². The predicted molar refractivity (Wildman–Crippen MR) is 47.1 cm³/mol. The summed E-state index contributed by atoms with van der Waals surface area (Å²) in [5.41, 5.74) is 0. The fourth-order valence-electron chi connectivity index (χ4n) is 1.37. The fourth-order valence-corrected chi connectivity index (χ4v) is 1.37. The van der Waals surface area contributed by atoms with Crippen LogP contribution in [0.2, 0.25) is 0 Å². The largest absolute Gasteiger partial charge is 0.415 e. The van der Waals surface area contributed by atoms with Gasteiger partial charge in [0.05, 0.1) is 0 Å². The van der Waals surface area contributed by atoms with Gasteiger partial charge in [0.15, 0.2) is 0 Å². The summed E-state index contributed by atoms with van der Waals surface area (Å²) in [4.78, 5) is 12.8. The number of rotatable bonds is 3. The molecule has 0 aliphatic carbocycles. The monoisotopic (exact) mass is 189 g/mol. The summed E-state index contributed by atoms with van der Waals surface area (Å²) in [5.74, 6) is 0. The van der Waals surface area contributed by atoms with Gasteiger partial charge in [0.25, 0.3) is 0 Å². The average Bonchev–Trinajstić information content (AvgIpc) is 2.55. The number of carbonyl (C=O) groups excluding carboxylic acids is 1. The summed E-state index contributed by atoms with van der Waals surface area (Å²) in [7, 11) is 0. The molecule has 0 N–H and O–H groups in total. The Kier molecular flexibility index (Phi) is 3.99. The third-order valence-corrected chi connectivity index (χ3v) is 2.11. The number of carbonyl (C=O) groups is 1. The summed E-state index contributed by atoms with van der Waals surface area (Å²) in [5, 5.41) is 0. The van der Waals surface area contributed by atoms with Gasteiger partial charge >= 0.3 is 6.09 Å². The number of ether oxygens (including phenoxy) is 1. The number of alkyl halides is 1. The van der Waals surface area contributed by atoms with Crippen molar-refractivity contribution in [3.8, 4) is 0 Å². The molecular weight excluding hydrogens is 173 g/mol. The Morgan fingerprint density at radius 2 is 2.15 bits per heavy atom. The van der Waals surface area contributed by atoms with E-state index in [1.54, 1.807) is 4.90 Å². The molecule has 1 heterocycles. The maximum Gasteiger partial charge on any atom is 0.412 e. The molecule has 1 fully saturated rings. The Morgan fingerprint density at radius 3 is 2.69 bits per heavy atom. The second kappa shape index (κ2) is 5.04. The van der Waals surface area contributed by atoms with Crippen LogP contribution in [0, 0.1) is 0 Å². The molecule has 1 aliphatic heterocycles. The summed E-state index contributed by atoms with van der Waals surface area (Å²) in [6.45, 7) is 3.27. The van der Waals surface area contributed by atoms with Gasteiger partial charge in [-0.1, -0.05) is 6.92 Å². The first-order chi connectivity index (χ1) is 6.24. The van der Waals surface area contributed by atoms with Crippen molar-refractivity contribution >= 4 is 6.09 Å².